The monoisotopic (exact) mass is 750 g/mol. The van der Waals surface area contributed by atoms with E-state index in [2.05, 4.69) is 31.4 Å². The maximum absolute atomic E-state index is 14.4. The van der Waals surface area contributed by atoms with Crippen molar-refractivity contribution in [3.8, 4) is 16.9 Å². The number of rotatable bonds is 9. The molecule has 2 N–H and O–H groups in total. The van der Waals surface area contributed by atoms with Gasteiger partial charge in [-0.05, 0) is 81.3 Å². The molecule has 2 atom stereocenters. The van der Waals surface area contributed by atoms with E-state index in [1.54, 1.807) is 39.4 Å². The molecule has 262 valence electrons. The number of benzene rings is 3. The molecule has 1 aliphatic heterocycles. The van der Waals surface area contributed by atoms with Gasteiger partial charge in [0.15, 0.2) is 0 Å². The predicted molar refractivity (Wildman–Crippen MR) is 198 cm³/mol. The third-order valence-corrected chi connectivity index (χ3v) is 10.3. The molecule has 0 aliphatic carbocycles. The average molecular weight is 752 g/mol. The van der Waals surface area contributed by atoms with E-state index in [4.69, 9.17) is 0 Å². The summed E-state index contributed by atoms with van der Waals surface area (Å²) in [6, 6.07) is 20.3. The van der Waals surface area contributed by atoms with Crippen LogP contribution < -0.4 is 11.0 Å². The lowest BCUT2D eigenvalue weighted by molar-refractivity contribution is 0.0610. The summed E-state index contributed by atoms with van der Waals surface area (Å²) >= 11 is 3.52. The molecule has 4 heterocycles. The third-order valence-electron chi connectivity index (χ3n) is 9.44. The molecular weight excluding hydrogens is 712 g/mol. The number of hydrogen-bond donors (Lipinski definition) is 2. The van der Waals surface area contributed by atoms with Crippen LogP contribution in [0.1, 0.15) is 58.4 Å². The lowest BCUT2D eigenvalue weighted by atomic mass is 10.0. The van der Waals surface area contributed by atoms with E-state index < -0.39 is 12.0 Å². The number of aryl methyl sites for hydroxylation is 2. The Kier molecular flexibility index (Phi) is 9.25. The number of carbonyl (C=O) groups is 2. The number of aliphatic hydroxyl groups is 1. The van der Waals surface area contributed by atoms with Crippen molar-refractivity contribution < 1.29 is 14.7 Å². The molecule has 13 heteroatoms. The number of nitrogens with zero attached hydrogens (tertiary/aromatic N) is 7. The van der Waals surface area contributed by atoms with Gasteiger partial charge >= 0.3 is 5.69 Å². The minimum Gasteiger partial charge on any atom is -0.391 e. The van der Waals surface area contributed by atoms with Gasteiger partial charge in [0.2, 0.25) is 0 Å². The molecular formula is C38H39BrN8O4. The maximum Gasteiger partial charge on any atom is 0.333 e. The highest BCUT2D eigenvalue weighted by atomic mass is 79.9. The van der Waals surface area contributed by atoms with Gasteiger partial charge in [0, 0.05) is 52.9 Å². The van der Waals surface area contributed by atoms with Gasteiger partial charge in [-0.3, -0.25) is 28.1 Å². The zero-order chi connectivity index (χ0) is 36.0. The molecule has 0 spiro atoms. The second-order valence-corrected chi connectivity index (χ2v) is 13.9. The Morgan fingerprint density at radius 3 is 2.65 bits per heavy atom. The van der Waals surface area contributed by atoms with Crippen molar-refractivity contribution in [2.45, 2.75) is 72.6 Å². The molecule has 0 saturated heterocycles. The first kappa shape index (κ1) is 34.2. The summed E-state index contributed by atoms with van der Waals surface area (Å²) in [4.78, 5) is 44.4. The summed E-state index contributed by atoms with van der Waals surface area (Å²) in [6.45, 7) is 9.10. The SMILES string of the molecule is CCn1ccc(-c2ccccc2CNC(=O)c2c3n(c(=O)n2-c2ccc4c(cnn4C[C@@H](C)O)c2)CC(C)N(C(=O)c2ccc(Br)c(C)c2)C3)n1. The second kappa shape index (κ2) is 13.8. The molecule has 12 nitrogen and oxygen atoms in total. The second-order valence-electron chi connectivity index (χ2n) is 13.1. The summed E-state index contributed by atoms with van der Waals surface area (Å²) in [7, 11) is 0. The molecule has 3 aromatic carbocycles. The van der Waals surface area contributed by atoms with Gasteiger partial charge < -0.3 is 15.3 Å². The van der Waals surface area contributed by atoms with E-state index >= 15 is 0 Å². The quantitative estimate of drug-likeness (QED) is 0.206. The van der Waals surface area contributed by atoms with E-state index in [-0.39, 0.29) is 43.0 Å². The Morgan fingerprint density at radius 1 is 1.10 bits per heavy atom. The van der Waals surface area contributed by atoms with Gasteiger partial charge in [0.25, 0.3) is 11.8 Å². The summed E-state index contributed by atoms with van der Waals surface area (Å²) < 4.78 is 7.52. The van der Waals surface area contributed by atoms with E-state index in [0.717, 1.165) is 44.3 Å². The summed E-state index contributed by atoms with van der Waals surface area (Å²) in [6.07, 6.45) is 3.01. The van der Waals surface area contributed by atoms with Crippen molar-refractivity contribution in [1.82, 2.24) is 38.9 Å². The first-order valence-electron chi connectivity index (χ1n) is 17.0. The highest BCUT2D eigenvalue weighted by Crippen LogP contribution is 2.28. The fourth-order valence-corrected chi connectivity index (χ4v) is 7.03. The molecule has 51 heavy (non-hydrogen) atoms. The summed E-state index contributed by atoms with van der Waals surface area (Å²) in [5.41, 5.74) is 5.58. The molecule has 3 aromatic heterocycles. The minimum atomic E-state index is -0.592. The van der Waals surface area contributed by atoms with Crippen LogP contribution >= 0.6 is 15.9 Å². The number of aliphatic hydroxyl groups excluding tert-OH is 1. The van der Waals surface area contributed by atoms with Gasteiger partial charge in [-0.2, -0.15) is 10.2 Å². The number of aromatic nitrogens is 6. The van der Waals surface area contributed by atoms with Crippen LogP contribution in [-0.4, -0.2) is 62.7 Å². The lowest BCUT2D eigenvalue weighted by Gasteiger charge is -2.34. The Morgan fingerprint density at radius 2 is 1.90 bits per heavy atom. The standard InChI is InChI=1S/C38H39BrN8O4/c1-5-43-15-14-32(42-43)30-9-7-6-8-27(30)18-40-36(49)35-34-22-44(37(50)26-10-12-31(39)23(2)16-26)24(3)20-45(34)38(51)47(35)29-11-13-33-28(17-29)19-41-46(33)21-25(4)48/h6-17,19,24-25,48H,5,18,20-22H2,1-4H3,(H,40,49)/t24?,25-/m1/s1. The van der Waals surface area contributed by atoms with E-state index in [0.29, 0.717) is 23.5 Å². The zero-order valence-corrected chi connectivity index (χ0v) is 30.5. The molecule has 0 radical (unpaired) electrons. The van der Waals surface area contributed by atoms with E-state index in [9.17, 15) is 19.5 Å². The van der Waals surface area contributed by atoms with Crippen molar-refractivity contribution in [2.75, 3.05) is 0 Å². The fourth-order valence-electron chi connectivity index (χ4n) is 6.78. The molecule has 0 bridgehead atoms. The summed E-state index contributed by atoms with van der Waals surface area (Å²) in [5.74, 6) is -0.621. The van der Waals surface area contributed by atoms with Gasteiger partial charge in [-0.1, -0.05) is 40.2 Å². The summed E-state index contributed by atoms with van der Waals surface area (Å²) in [5, 5.41) is 22.9. The fraction of sp³-hybridized carbons (Fsp3) is 0.289. The number of halogens is 1. The number of hydrogen-bond acceptors (Lipinski definition) is 6. The van der Waals surface area contributed by atoms with Crippen molar-refractivity contribution >= 4 is 38.6 Å². The Balaban J connectivity index is 1.29. The maximum atomic E-state index is 14.4. The highest BCUT2D eigenvalue weighted by molar-refractivity contribution is 9.10. The van der Waals surface area contributed by atoms with Crippen LogP contribution in [0.2, 0.25) is 0 Å². The normalized spacial score (nSPS) is 14.9. The topological polar surface area (TPSA) is 132 Å². The number of carbonyl (C=O) groups excluding carboxylic acids is 2. The Labute approximate surface area is 303 Å². The third kappa shape index (κ3) is 6.43. The Hall–Kier alpha value is -5.27. The van der Waals surface area contributed by atoms with Crippen LogP contribution in [0.3, 0.4) is 0 Å². The van der Waals surface area contributed by atoms with E-state index in [1.807, 2.05) is 86.2 Å². The predicted octanol–water partition coefficient (Wildman–Crippen LogP) is 5.30. The molecule has 0 fully saturated rings. The molecule has 1 unspecified atom stereocenters. The minimum absolute atomic E-state index is 0.0692. The van der Waals surface area contributed by atoms with Crippen LogP contribution in [0.25, 0.3) is 27.8 Å². The number of imidazole rings is 1. The smallest absolute Gasteiger partial charge is 0.333 e. The van der Waals surface area contributed by atoms with Gasteiger partial charge in [0.1, 0.15) is 5.69 Å². The number of amides is 2. The van der Waals surface area contributed by atoms with Gasteiger partial charge in [-0.15, -0.1) is 0 Å². The number of nitrogens with one attached hydrogen (secondary N) is 1. The van der Waals surface area contributed by atoms with Crippen molar-refractivity contribution in [2.24, 2.45) is 0 Å². The van der Waals surface area contributed by atoms with Crippen LogP contribution in [0.5, 0.6) is 0 Å². The lowest BCUT2D eigenvalue weighted by Crippen LogP contribution is -2.47. The van der Waals surface area contributed by atoms with Gasteiger partial charge in [0.05, 0.1) is 48.0 Å². The van der Waals surface area contributed by atoms with Crippen LogP contribution in [0, 0.1) is 6.92 Å². The molecule has 0 saturated carbocycles. The first-order chi connectivity index (χ1) is 24.5. The molecule has 1 aliphatic rings. The molecule has 2 amide bonds. The Bertz CT molecular complexity index is 2350. The number of fused-ring (bicyclic) bond motifs is 2. The van der Waals surface area contributed by atoms with Crippen LogP contribution in [-0.2, 0) is 32.7 Å². The van der Waals surface area contributed by atoms with Crippen LogP contribution in [0.15, 0.2) is 88.4 Å². The van der Waals surface area contributed by atoms with Crippen molar-refractivity contribution in [1.29, 1.82) is 0 Å². The molecule has 6 aromatic rings. The van der Waals surface area contributed by atoms with Crippen molar-refractivity contribution in [3.05, 3.63) is 122 Å². The van der Waals surface area contributed by atoms with Crippen molar-refractivity contribution in [3.63, 3.8) is 0 Å². The highest BCUT2D eigenvalue weighted by Gasteiger charge is 2.35. The van der Waals surface area contributed by atoms with Crippen LogP contribution in [0.4, 0.5) is 0 Å². The first-order valence-corrected chi connectivity index (χ1v) is 17.8. The molecule has 7 rings (SSSR count). The largest absolute Gasteiger partial charge is 0.391 e. The van der Waals surface area contributed by atoms with Gasteiger partial charge in [-0.25, -0.2) is 4.79 Å². The van der Waals surface area contributed by atoms with E-state index in [1.165, 1.54) is 4.57 Å². The average Bonchev–Trinajstić information content (AvgIpc) is 3.83. The zero-order valence-electron chi connectivity index (χ0n) is 28.9.